The number of ether oxygens (including phenoxy) is 1. The molecule has 0 N–H and O–H groups in total. The van der Waals surface area contributed by atoms with Crippen LogP contribution in [0, 0.1) is 0 Å². The number of carbonyl (C=O) groups excluding carboxylic acids is 1. The zero-order valence-corrected chi connectivity index (χ0v) is 22.7. The number of rotatable bonds is 9. The van der Waals surface area contributed by atoms with Crippen LogP contribution in [0.4, 0.5) is 5.69 Å². The largest absolute Gasteiger partial charge is 0.476 e. The molecule has 3 aromatic carbocycles. The van der Waals surface area contributed by atoms with Gasteiger partial charge in [-0.2, -0.15) is 4.99 Å². The number of aliphatic imine (C=N–C) groups is 1. The van der Waals surface area contributed by atoms with Crippen molar-refractivity contribution in [3.05, 3.63) is 138 Å². The summed E-state index contributed by atoms with van der Waals surface area (Å²) in [7, 11) is 0. The van der Waals surface area contributed by atoms with Gasteiger partial charge in [-0.3, -0.25) is 4.98 Å². The maximum Gasteiger partial charge on any atom is 0.241 e. The lowest BCUT2D eigenvalue weighted by molar-refractivity contribution is 0.328. The Morgan fingerprint density at radius 3 is 2.00 bits per heavy atom. The fourth-order valence-electron chi connectivity index (χ4n) is 5.10. The van der Waals surface area contributed by atoms with Crippen LogP contribution >= 0.6 is 0 Å². The van der Waals surface area contributed by atoms with E-state index in [1.54, 1.807) is 29.3 Å². The Labute approximate surface area is 242 Å². The van der Waals surface area contributed by atoms with E-state index in [0.717, 1.165) is 16.7 Å². The SMILES string of the molecule is CCOc1nc(-c2cccnc2)c(-c2nnn(C(c3ccccc3)(c3ccccc3)c3ccccc3)n2)cc1N=C=O. The Bertz CT molecular complexity index is 1740. The Morgan fingerprint density at radius 2 is 1.48 bits per heavy atom. The first-order chi connectivity index (χ1) is 20.8. The number of nitrogens with zero attached hydrogens (tertiary/aromatic N) is 7. The number of hydrogen-bond acceptors (Lipinski definition) is 8. The minimum atomic E-state index is -0.952. The van der Waals surface area contributed by atoms with Crippen LogP contribution in [0.3, 0.4) is 0 Å². The number of isocyanates is 1. The molecule has 0 spiro atoms. The van der Waals surface area contributed by atoms with E-state index < -0.39 is 5.54 Å². The van der Waals surface area contributed by atoms with E-state index in [2.05, 4.69) is 56.7 Å². The van der Waals surface area contributed by atoms with Crippen LogP contribution in [-0.2, 0) is 10.3 Å². The molecule has 0 aliphatic heterocycles. The normalized spacial score (nSPS) is 11.1. The van der Waals surface area contributed by atoms with Crippen molar-refractivity contribution < 1.29 is 9.53 Å². The van der Waals surface area contributed by atoms with Crippen LogP contribution < -0.4 is 4.74 Å². The zero-order valence-electron chi connectivity index (χ0n) is 22.7. The molecule has 9 nitrogen and oxygen atoms in total. The second-order valence-corrected chi connectivity index (χ2v) is 9.30. The Kier molecular flexibility index (Phi) is 7.40. The summed E-state index contributed by atoms with van der Waals surface area (Å²) in [5.41, 5.74) is 3.86. The highest BCUT2D eigenvalue weighted by atomic mass is 16.5. The summed E-state index contributed by atoms with van der Waals surface area (Å²) in [5.74, 6) is 0.488. The lowest BCUT2D eigenvalue weighted by Crippen LogP contribution is -2.39. The van der Waals surface area contributed by atoms with Crippen LogP contribution in [0.5, 0.6) is 5.88 Å². The van der Waals surface area contributed by atoms with Crippen molar-refractivity contribution in [2.45, 2.75) is 12.5 Å². The minimum Gasteiger partial charge on any atom is -0.476 e. The number of benzene rings is 3. The van der Waals surface area contributed by atoms with Crippen molar-refractivity contribution in [1.29, 1.82) is 0 Å². The van der Waals surface area contributed by atoms with Gasteiger partial charge in [0.1, 0.15) is 5.69 Å². The van der Waals surface area contributed by atoms with Crippen LogP contribution in [0.25, 0.3) is 22.6 Å². The quantitative estimate of drug-likeness (QED) is 0.123. The molecule has 204 valence electrons. The van der Waals surface area contributed by atoms with E-state index in [9.17, 15) is 4.79 Å². The van der Waals surface area contributed by atoms with Gasteiger partial charge < -0.3 is 4.74 Å². The maximum absolute atomic E-state index is 11.3. The summed E-state index contributed by atoms with van der Waals surface area (Å²) < 4.78 is 5.71. The first-order valence-electron chi connectivity index (χ1n) is 13.4. The predicted molar refractivity (Wildman–Crippen MR) is 158 cm³/mol. The molecule has 9 heteroatoms. The van der Waals surface area contributed by atoms with E-state index in [0.29, 0.717) is 29.3 Å². The van der Waals surface area contributed by atoms with E-state index in [4.69, 9.17) is 14.8 Å². The van der Waals surface area contributed by atoms with Crippen molar-refractivity contribution in [2.75, 3.05) is 6.61 Å². The second-order valence-electron chi connectivity index (χ2n) is 9.30. The molecule has 3 aromatic heterocycles. The molecule has 3 heterocycles. The summed E-state index contributed by atoms with van der Waals surface area (Å²) >= 11 is 0. The highest BCUT2D eigenvalue weighted by molar-refractivity contribution is 5.81. The highest BCUT2D eigenvalue weighted by Gasteiger charge is 2.41. The van der Waals surface area contributed by atoms with Gasteiger partial charge in [0.15, 0.2) is 5.54 Å². The molecular formula is C33H25N7O2. The van der Waals surface area contributed by atoms with E-state index in [1.807, 2.05) is 73.7 Å². The predicted octanol–water partition coefficient (Wildman–Crippen LogP) is 6.00. The molecule has 6 aromatic rings. The van der Waals surface area contributed by atoms with Gasteiger partial charge in [0, 0.05) is 18.0 Å². The second kappa shape index (κ2) is 11.8. The van der Waals surface area contributed by atoms with Crippen LogP contribution in [0.15, 0.2) is 127 Å². The Morgan fingerprint density at radius 1 is 0.857 bits per heavy atom. The van der Waals surface area contributed by atoms with Gasteiger partial charge in [0.2, 0.25) is 17.8 Å². The van der Waals surface area contributed by atoms with Gasteiger partial charge in [-0.15, -0.1) is 15.0 Å². The molecule has 0 aliphatic carbocycles. The Hall–Kier alpha value is -5.79. The van der Waals surface area contributed by atoms with Crippen LogP contribution in [0.1, 0.15) is 23.6 Å². The van der Waals surface area contributed by atoms with Crippen molar-refractivity contribution >= 4 is 11.8 Å². The number of pyridine rings is 2. The first-order valence-corrected chi connectivity index (χ1v) is 13.4. The molecule has 0 fully saturated rings. The van der Waals surface area contributed by atoms with Gasteiger partial charge >= 0.3 is 0 Å². The van der Waals surface area contributed by atoms with Crippen molar-refractivity contribution in [1.82, 2.24) is 30.2 Å². The summed E-state index contributed by atoms with van der Waals surface area (Å²) in [5, 5.41) is 14.2. The zero-order chi connectivity index (χ0) is 28.8. The van der Waals surface area contributed by atoms with Gasteiger partial charge in [-0.25, -0.2) is 9.78 Å². The smallest absolute Gasteiger partial charge is 0.241 e. The van der Waals surface area contributed by atoms with Crippen molar-refractivity contribution in [2.24, 2.45) is 4.99 Å². The molecule has 0 unspecified atom stereocenters. The molecular weight excluding hydrogens is 526 g/mol. The van der Waals surface area contributed by atoms with Crippen LogP contribution in [0.2, 0.25) is 0 Å². The molecule has 0 radical (unpaired) electrons. The third-order valence-corrected chi connectivity index (χ3v) is 6.88. The summed E-state index contributed by atoms with van der Waals surface area (Å²) in [6.07, 6.45) is 4.97. The van der Waals surface area contributed by atoms with Crippen molar-refractivity contribution in [3.63, 3.8) is 0 Å². The molecule has 0 aliphatic rings. The van der Waals surface area contributed by atoms with Gasteiger partial charge in [0.05, 0.1) is 17.9 Å². The van der Waals surface area contributed by atoms with E-state index in [-0.39, 0.29) is 11.6 Å². The lowest BCUT2D eigenvalue weighted by atomic mass is 9.77. The topological polar surface area (TPSA) is 108 Å². The Balaban J connectivity index is 1.64. The average molecular weight is 552 g/mol. The molecule has 0 bridgehead atoms. The number of aromatic nitrogens is 6. The molecule has 6 rings (SSSR count). The third-order valence-electron chi connectivity index (χ3n) is 6.88. The van der Waals surface area contributed by atoms with E-state index >= 15 is 0 Å². The first kappa shape index (κ1) is 26.4. The van der Waals surface area contributed by atoms with Gasteiger partial charge in [-0.05, 0) is 47.0 Å². The standard InChI is InChI=1S/C33H25N7O2/c1-2-42-32-29(35-23-41)21-28(30(36-32)24-13-12-20-34-22-24)31-37-39-40(38-31)33(25-14-6-3-7-15-25,26-16-8-4-9-17-26)27-18-10-5-11-19-27/h3-22H,2H2,1H3. The monoisotopic (exact) mass is 551 g/mol. The molecule has 0 amide bonds. The van der Waals surface area contributed by atoms with Crippen molar-refractivity contribution in [3.8, 4) is 28.5 Å². The van der Waals surface area contributed by atoms with Crippen LogP contribution in [-0.4, -0.2) is 42.9 Å². The number of hydrogen-bond donors (Lipinski definition) is 0. The summed E-state index contributed by atoms with van der Waals surface area (Å²) in [6.45, 7) is 2.17. The van der Waals surface area contributed by atoms with E-state index in [1.165, 1.54) is 0 Å². The number of tetrazole rings is 1. The molecule has 0 saturated carbocycles. The fourth-order valence-corrected chi connectivity index (χ4v) is 5.10. The average Bonchev–Trinajstić information content (AvgIpc) is 3.55. The highest BCUT2D eigenvalue weighted by Crippen LogP contribution is 2.41. The van der Waals surface area contributed by atoms with Gasteiger partial charge in [0.25, 0.3) is 0 Å². The molecule has 0 atom stereocenters. The molecule has 42 heavy (non-hydrogen) atoms. The third kappa shape index (κ3) is 4.74. The summed E-state index contributed by atoms with van der Waals surface area (Å²) in [6, 6.07) is 35.6. The minimum absolute atomic E-state index is 0.197. The fraction of sp³-hybridized carbons (Fsp3) is 0.0909. The maximum atomic E-state index is 11.3. The lowest BCUT2D eigenvalue weighted by Gasteiger charge is -2.34. The van der Waals surface area contributed by atoms with Gasteiger partial charge in [-0.1, -0.05) is 91.0 Å². The summed E-state index contributed by atoms with van der Waals surface area (Å²) in [4.78, 5) is 25.8. The molecule has 0 saturated heterocycles.